The zero-order valence-electron chi connectivity index (χ0n) is 17.6. The van der Waals surface area contributed by atoms with E-state index in [-0.39, 0.29) is 0 Å². The summed E-state index contributed by atoms with van der Waals surface area (Å²) in [5, 5.41) is 5.31. The number of fused-ring (bicyclic) bond motifs is 7. The molecule has 0 bridgehead atoms. The molecule has 1 nitrogen and oxygen atoms in total. The normalized spacial score (nSPS) is 11.8. The standard InChI is InChI=1S/C30H18BrNS/c31-21-13-10-19(11-14-21)20-12-16-26-25(18-20)29-27(32(26)22-6-2-1-3-7-22)17-15-24-23-8-4-5-9-28(23)33-30(24)29/h1-18H. The summed E-state index contributed by atoms with van der Waals surface area (Å²) in [5.74, 6) is 0. The first-order valence-electron chi connectivity index (χ1n) is 11.0. The van der Waals surface area contributed by atoms with Gasteiger partial charge in [-0.1, -0.05) is 76.6 Å². The molecule has 3 heteroatoms. The van der Waals surface area contributed by atoms with Crippen molar-refractivity contribution in [2.24, 2.45) is 0 Å². The largest absolute Gasteiger partial charge is 0.309 e. The van der Waals surface area contributed by atoms with E-state index in [0.29, 0.717) is 0 Å². The Morgan fingerprint density at radius 2 is 1.30 bits per heavy atom. The molecule has 156 valence electrons. The Bertz CT molecular complexity index is 1810. The fraction of sp³-hybridized carbons (Fsp3) is 0. The molecule has 7 aromatic rings. The smallest absolute Gasteiger partial charge is 0.0555 e. The van der Waals surface area contributed by atoms with Crippen molar-refractivity contribution in [3.05, 3.63) is 114 Å². The minimum absolute atomic E-state index is 1.10. The van der Waals surface area contributed by atoms with Gasteiger partial charge in [0.1, 0.15) is 0 Å². The topological polar surface area (TPSA) is 4.93 Å². The molecular formula is C30H18BrNS. The second kappa shape index (κ2) is 7.31. The molecule has 2 aromatic heterocycles. The van der Waals surface area contributed by atoms with E-state index < -0.39 is 0 Å². The van der Waals surface area contributed by atoms with Gasteiger partial charge in [-0.3, -0.25) is 0 Å². The minimum atomic E-state index is 1.10. The zero-order valence-corrected chi connectivity index (χ0v) is 20.0. The van der Waals surface area contributed by atoms with Crippen LogP contribution in [0.25, 0.3) is 58.8 Å². The van der Waals surface area contributed by atoms with Gasteiger partial charge in [0.2, 0.25) is 0 Å². The number of hydrogen-bond acceptors (Lipinski definition) is 1. The van der Waals surface area contributed by atoms with Gasteiger partial charge in [-0.2, -0.15) is 0 Å². The van der Waals surface area contributed by atoms with Gasteiger partial charge in [0.15, 0.2) is 0 Å². The molecule has 0 unspecified atom stereocenters. The van der Waals surface area contributed by atoms with E-state index in [2.05, 4.69) is 130 Å². The predicted octanol–water partition coefficient (Wildman–Crippen LogP) is 9.58. The Labute approximate surface area is 203 Å². The first-order valence-corrected chi connectivity index (χ1v) is 12.6. The average Bonchev–Trinajstić information content (AvgIpc) is 3.40. The Balaban J connectivity index is 1.65. The van der Waals surface area contributed by atoms with Crippen LogP contribution in [0.4, 0.5) is 0 Å². The molecule has 0 aliphatic heterocycles. The van der Waals surface area contributed by atoms with Crippen molar-refractivity contribution in [3.8, 4) is 16.8 Å². The van der Waals surface area contributed by atoms with Crippen LogP contribution in [-0.2, 0) is 0 Å². The molecular weight excluding hydrogens is 486 g/mol. The maximum atomic E-state index is 3.56. The monoisotopic (exact) mass is 503 g/mol. The number of hydrogen-bond donors (Lipinski definition) is 0. The van der Waals surface area contributed by atoms with Crippen LogP contribution in [0.3, 0.4) is 0 Å². The molecule has 0 aliphatic carbocycles. The number of thiophene rings is 1. The molecule has 0 N–H and O–H groups in total. The highest BCUT2D eigenvalue weighted by Crippen LogP contribution is 2.44. The number of benzene rings is 5. The summed E-state index contributed by atoms with van der Waals surface area (Å²) in [5.41, 5.74) is 6.14. The lowest BCUT2D eigenvalue weighted by atomic mass is 10.0. The van der Waals surface area contributed by atoms with Gasteiger partial charge in [0.05, 0.1) is 11.0 Å². The van der Waals surface area contributed by atoms with Gasteiger partial charge in [-0.05, 0) is 59.7 Å². The highest BCUT2D eigenvalue weighted by molar-refractivity contribution is 9.10. The summed E-state index contributed by atoms with van der Waals surface area (Å²) < 4.78 is 6.20. The number of aromatic nitrogens is 1. The van der Waals surface area contributed by atoms with Gasteiger partial charge in [-0.25, -0.2) is 0 Å². The van der Waals surface area contributed by atoms with Crippen LogP contribution >= 0.6 is 27.3 Å². The molecule has 33 heavy (non-hydrogen) atoms. The van der Waals surface area contributed by atoms with Gasteiger partial charge in [-0.15, -0.1) is 11.3 Å². The van der Waals surface area contributed by atoms with Crippen molar-refractivity contribution in [3.63, 3.8) is 0 Å². The van der Waals surface area contributed by atoms with Crippen LogP contribution in [0, 0.1) is 0 Å². The zero-order chi connectivity index (χ0) is 21.9. The predicted molar refractivity (Wildman–Crippen MR) is 147 cm³/mol. The third kappa shape index (κ3) is 2.90. The van der Waals surface area contributed by atoms with Crippen LogP contribution in [0.2, 0.25) is 0 Å². The van der Waals surface area contributed by atoms with Crippen molar-refractivity contribution in [1.82, 2.24) is 4.57 Å². The number of rotatable bonds is 2. The Morgan fingerprint density at radius 3 is 2.15 bits per heavy atom. The lowest BCUT2D eigenvalue weighted by molar-refractivity contribution is 1.18. The van der Waals surface area contributed by atoms with Crippen molar-refractivity contribution in [1.29, 1.82) is 0 Å². The van der Waals surface area contributed by atoms with Crippen LogP contribution in [0.1, 0.15) is 0 Å². The van der Waals surface area contributed by atoms with Gasteiger partial charge in [0.25, 0.3) is 0 Å². The first-order chi connectivity index (χ1) is 16.3. The van der Waals surface area contributed by atoms with Crippen molar-refractivity contribution in [2.45, 2.75) is 0 Å². The fourth-order valence-corrected chi connectivity index (χ4v) is 6.49. The molecule has 0 saturated carbocycles. The SMILES string of the molecule is Brc1ccc(-c2ccc3c(c2)c2c4sc5ccccc5c4ccc2n3-c2ccccc2)cc1. The minimum Gasteiger partial charge on any atom is -0.309 e. The lowest BCUT2D eigenvalue weighted by Crippen LogP contribution is -1.92. The average molecular weight is 504 g/mol. The third-order valence-corrected chi connectivity index (χ3v) is 8.20. The summed E-state index contributed by atoms with van der Waals surface area (Å²) in [7, 11) is 0. The molecule has 2 heterocycles. The molecule has 0 amide bonds. The summed E-state index contributed by atoms with van der Waals surface area (Å²) in [6, 6.07) is 39.5. The van der Waals surface area contributed by atoms with Crippen molar-refractivity contribution in [2.75, 3.05) is 0 Å². The molecule has 0 fully saturated rings. The second-order valence-electron chi connectivity index (χ2n) is 8.34. The van der Waals surface area contributed by atoms with E-state index in [0.717, 1.165) is 4.47 Å². The fourth-order valence-electron chi connectivity index (χ4n) is 4.96. The highest BCUT2D eigenvalue weighted by Gasteiger charge is 2.18. The van der Waals surface area contributed by atoms with Crippen LogP contribution in [0.5, 0.6) is 0 Å². The number of nitrogens with zero attached hydrogens (tertiary/aromatic N) is 1. The van der Waals surface area contributed by atoms with Crippen molar-refractivity contribution >= 4 is 69.2 Å². The summed E-state index contributed by atoms with van der Waals surface area (Å²) >= 11 is 5.46. The second-order valence-corrected chi connectivity index (χ2v) is 10.3. The van der Waals surface area contributed by atoms with E-state index >= 15 is 0 Å². The molecule has 0 saturated heterocycles. The summed E-state index contributed by atoms with van der Waals surface area (Å²) in [6.07, 6.45) is 0. The van der Waals surface area contributed by atoms with E-state index in [4.69, 9.17) is 0 Å². The van der Waals surface area contributed by atoms with Crippen LogP contribution in [-0.4, -0.2) is 4.57 Å². The van der Waals surface area contributed by atoms with Gasteiger partial charge >= 0.3 is 0 Å². The maximum Gasteiger partial charge on any atom is 0.0555 e. The molecule has 0 atom stereocenters. The highest BCUT2D eigenvalue weighted by atomic mass is 79.9. The Morgan fingerprint density at radius 1 is 0.576 bits per heavy atom. The molecule has 0 radical (unpaired) electrons. The van der Waals surface area contributed by atoms with Crippen LogP contribution < -0.4 is 0 Å². The number of para-hydroxylation sites is 1. The van der Waals surface area contributed by atoms with Crippen molar-refractivity contribution < 1.29 is 0 Å². The quantitative estimate of drug-likeness (QED) is 0.221. The first kappa shape index (κ1) is 19.1. The summed E-state index contributed by atoms with van der Waals surface area (Å²) in [6.45, 7) is 0. The number of halogens is 1. The van der Waals surface area contributed by atoms with Gasteiger partial charge < -0.3 is 4.57 Å². The third-order valence-electron chi connectivity index (χ3n) is 6.46. The van der Waals surface area contributed by atoms with Gasteiger partial charge in [0, 0.05) is 41.1 Å². The summed E-state index contributed by atoms with van der Waals surface area (Å²) in [4.78, 5) is 0. The maximum absolute atomic E-state index is 3.56. The van der Waals surface area contributed by atoms with E-state index in [9.17, 15) is 0 Å². The van der Waals surface area contributed by atoms with Crippen LogP contribution in [0.15, 0.2) is 114 Å². The lowest BCUT2D eigenvalue weighted by Gasteiger charge is -2.08. The Kier molecular flexibility index (Phi) is 4.23. The molecule has 0 spiro atoms. The van der Waals surface area contributed by atoms with E-state index in [1.807, 2.05) is 11.3 Å². The Hall–Kier alpha value is -3.40. The van der Waals surface area contributed by atoms with E-state index in [1.165, 1.54) is 58.8 Å². The molecule has 5 aromatic carbocycles. The molecule has 7 rings (SSSR count). The van der Waals surface area contributed by atoms with E-state index in [1.54, 1.807) is 0 Å². The molecule has 0 aliphatic rings.